The van der Waals surface area contributed by atoms with E-state index in [0.717, 1.165) is 6.42 Å². The zero-order valence-electron chi connectivity index (χ0n) is 8.91. The summed E-state index contributed by atoms with van der Waals surface area (Å²) >= 11 is 9.18. The minimum atomic E-state index is 0.372. The van der Waals surface area contributed by atoms with E-state index in [-0.39, 0.29) is 0 Å². The van der Waals surface area contributed by atoms with E-state index >= 15 is 0 Å². The van der Waals surface area contributed by atoms with Crippen LogP contribution in [0, 0.1) is 6.92 Å². The Morgan fingerprint density at radius 3 is 2.81 bits per heavy atom. The van der Waals surface area contributed by atoms with Crippen molar-refractivity contribution in [1.82, 2.24) is 0 Å². The summed E-state index contributed by atoms with van der Waals surface area (Å²) in [5.41, 5.74) is 4.00. The number of thiophene rings is 1. The van der Waals surface area contributed by atoms with E-state index < -0.39 is 0 Å². The molecule has 0 saturated heterocycles. The van der Waals surface area contributed by atoms with Crippen LogP contribution in [0.5, 0.6) is 0 Å². The third-order valence-corrected chi connectivity index (χ3v) is 5.19. The van der Waals surface area contributed by atoms with Crippen molar-refractivity contribution in [2.75, 3.05) is 0 Å². The van der Waals surface area contributed by atoms with E-state index in [2.05, 4.69) is 73.8 Å². The van der Waals surface area contributed by atoms with E-state index in [1.165, 1.54) is 21.2 Å². The molecule has 0 aliphatic carbocycles. The van der Waals surface area contributed by atoms with E-state index in [9.17, 15) is 0 Å². The fourth-order valence-corrected chi connectivity index (χ4v) is 3.92. The first-order valence-electron chi connectivity index (χ1n) is 5.08. The lowest BCUT2D eigenvalue weighted by molar-refractivity contribution is 0.945. The second-order valence-electron chi connectivity index (χ2n) is 3.78. The topological polar surface area (TPSA) is 0 Å². The SMILES string of the molecule is Cc1cccc(C(Br)Cc2ccsc2)c1Br. The highest BCUT2D eigenvalue weighted by Crippen LogP contribution is 2.34. The zero-order chi connectivity index (χ0) is 11.5. The quantitative estimate of drug-likeness (QED) is 0.635. The number of hydrogen-bond acceptors (Lipinski definition) is 1. The summed E-state index contributed by atoms with van der Waals surface area (Å²) in [5.74, 6) is 0. The van der Waals surface area contributed by atoms with E-state index in [0.29, 0.717) is 4.83 Å². The minimum absolute atomic E-state index is 0.372. The molecule has 1 heterocycles. The molecule has 3 heteroatoms. The first kappa shape index (κ1) is 12.3. The lowest BCUT2D eigenvalue weighted by Gasteiger charge is -2.13. The Labute approximate surface area is 117 Å². The largest absolute Gasteiger partial charge is 0.152 e. The lowest BCUT2D eigenvalue weighted by atomic mass is 10.0. The third kappa shape index (κ3) is 2.76. The van der Waals surface area contributed by atoms with E-state index in [1.807, 2.05) is 0 Å². The van der Waals surface area contributed by atoms with Crippen molar-refractivity contribution in [2.45, 2.75) is 18.2 Å². The van der Waals surface area contributed by atoms with Crippen LogP contribution in [0.25, 0.3) is 0 Å². The maximum Gasteiger partial charge on any atom is 0.0447 e. The van der Waals surface area contributed by atoms with Crippen LogP contribution in [0.1, 0.15) is 21.5 Å². The minimum Gasteiger partial charge on any atom is -0.152 e. The summed E-state index contributed by atoms with van der Waals surface area (Å²) in [5, 5.41) is 4.33. The van der Waals surface area contributed by atoms with Gasteiger partial charge in [0.1, 0.15) is 0 Å². The molecule has 0 nitrogen and oxygen atoms in total. The smallest absolute Gasteiger partial charge is 0.0447 e. The molecule has 1 aromatic carbocycles. The van der Waals surface area contributed by atoms with Crippen molar-refractivity contribution in [3.8, 4) is 0 Å². The molecule has 2 rings (SSSR count). The standard InChI is InChI=1S/C13H12Br2S/c1-9-3-2-4-11(13(9)15)12(14)7-10-5-6-16-8-10/h2-6,8,12H,7H2,1H3. The molecule has 0 radical (unpaired) electrons. The fourth-order valence-electron chi connectivity index (χ4n) is 1.64. The van der Waals surface area contributed by atoms with Crippen molar-refractivity contribution in [3.63, 3.8) is 0 Å². The summed E-state index contributed by atoms with van der Waals surface area (Å²) in [6, 6.07) is 8.58. The van der Waals surface area contributed by atoms with Crippen molar-refractivity contribution in [1.29, 1.82) is 0 Å². The molecule has 84 valence electrons. The number of halogens is 2. The molecule has 1 unspecified atom stereocenters. The van der Waals surface area contributed by atoms with Crippen LogP contribution in [-0.4, -0.2) is 0 Å². The molecule has 2 aromatic rings. The Bertz CT molecular complexity index is 463. The molecule has 0 aliphatic rings. The average Bonchev–Trinajstić information content (AvgIpc) is 2.74. The van der Waals surface area contributed by atoms with Gasteiger partial charge in [-0.2, -0.15) is 11.3 Å². The summed E-state index contributed by atoms with van der Waals surface area (Å²) in [7, 11) is 0. The van der Waals surface area contributed by atoms with Gasteiger partial charge >= 0.3 is 0 Å². The van der Waals surface area contributed by atoms with Gasteiger partial charge in [-0.15, -0.1) is 0 Å². The first-order chi connectivity index (χ1) is 7.68. The molecule has 0 N–H and O–H groups in total. The van der Waals surface area contributed by atoms with Crippen LogP contribution in [0.2, 0.25) is 0 Å². The van der Waals surface area contributed by atoms with E-state index in [1.54, 1.807) is 11.3 Å². The Balaban J connectivity index is 2.21. The predicted octanol–water partition coefficient (Wildman–Crippen LogP) is 5.50. The van der Waals surface area contributed by atoms with E-state index in [4.69, 9.17) is 0 Å². The van der Waals surface area contributed by atoms with Gasteiger partial charge in [-0.25, -0.2) is 0 Å². The maximum atomic E-state index is 3.77. The Morgan fingerprint density at radius 1 is 1.31 bits per heavy atom. The number of hydrogen-bond donors (Lipinski definition) is 0. The van der Waals surface area contributed by atoms with Crippen LogP contribution in [0.3, 0.4) is 0 Å². The van der Waals surface area contributed by atoms with Gasteiger partial charge in [0, 0.05) is 9.30 Å². The summed E-state index contributed by atoms with van der Waals surface area (Å²) < 4.78 is 1.21. The molecule has 1 atom stereocenters. The first-order valence-corrected chi connectivity index (χ1v) is 7.74. The summed E-state index contributed by atoms with van der Waals surface area (Å²) in [4.78, 5) is 0.372. The molecule has 0 spiro atoms. The highest BCUT2D eigenvalue weighted by atomic mass is 79.9. The third-order valence-electron chi connectivity index (χ3n) is 2.55. The van der Waals surface area contributed by atoms with Crippen molar-refractivity contribution >= 4 is 43.2 Å². The maximum absolute atomic E-state index is 3.77. The van der Waals surface area contributed by atoms with Gasteiger partial charge in [0.25, 0.3) is 0 Å². The van der Waals surface area contributed by atoms with Gasteiger partial charge in [0.2, 0.25) is 0 Å². The predicted molar refractivity (Wildman–Crippen MR) is 78.6 cm³/mol. The highest BCUT2D eigenvalue weighted by molar-refractivity contribution is 9.11. The van der Waals surface area contributed by atoms with Gasteiger partial charge in [-0.05, 0) is 46.9 Å². The molecule has 0 amide bonds. The van der Waals surface area contributed by atoms with Crippen LogP contribution in [0.4, 0.5) is 0 Å². The average molecular weight is 360 g/mol. The van der Waals surface area contributed by atoms with Gasteiger partial charge in [0.05, 0.1) is 0 Å². The summed E-state index contributed by atoms with van der Waals surface area (Å²) in [6.07, 6.45) is 1.03. The molecular weight excluding hydrogens is 348 g/mol. The molecule has 1 aromatic heterocycles. The number of alkyl halides is 1. The molecular formula is C13H12Br2S. The fraction of sp³-hybridized carbons (Fsp3) is 0.231. The van der Waals surface area contributed by atoms with Crippen molar-refractivity contribution < 1.29 is 0 Å². The normalized spacial score (nSPS) is 12.7. The highest BCUT2D eigenvalue weighted by Gasteiger charge is 2.12. The Morgan fingerprint density at radius 2 is 2.12 bits per heavy atom. The second kappa shape index (κ2) is 5.48. The zero-order valence-corrected chi connectivity index (χ0v) is 12.9. The number of benzene rings is 1. The van der Waals surface area contributed by atoms with Crippen LogP contribution < -0.4 is 0 Å². The number of aryl methyl sites for hydroxylation is 1. The Kier molecular flexibility index (Phi) is 4.22. The number of rotatable bonds is 3. The monoisotopic (exact) mass is 358 g/mol. The van der Waals surface area contributed by atoms with Gasteiger partial charge < -0.3 is 0 Å². The lowest BCUT2D eigenvalue weighted by Crippen LogP contribution is -1.96. The van der Waals surface area contributed by atoms with Crippen molar-refractivity contribution in [2.24, 2.45) is 0 Å². The van der Waals surface area contributed by atoms with Gasteiger partial charge in [-0.3, -0.25) is 0 Å². The molecule has 0 fully saturated rings. The van der Waals surface area contributed by atoms with Crippen molar-refractivity contribution in [3.05, 3.63) is 56.2 Å². The summed E-state index contributed by atoms with van der Waals surface area (Å²) in [6.45, 7) is 2.12. The second-order valence-corrected chi connectivity index (χ2v) is 6.46. The van der Waals surface area contributed by atoms with Gasteiger partial charge in [0.15, 0.2) is 0 Å². The van der Waals surface area contributed by atoms with Gasteiger partial charge in [-0.1, -0.05) is 50.1 Å². The molecule has 0 aliphatic heterocycles. The van der Waals surface area contributed by atoms with Crippen LogP contribution in [-0.2, 0) is 6.42 Å². The molecule has 16 heavy (non-hydrogen) atoms. The van der Waals surface area contributed by atoms with Crippen LogP contribution in [0.15, 0.2) is 39.5 Å². The Hall–Kier alpha value is -0.120. The van der Waals surface area contributed by atoms with Crippen LogP contribution >= 0.6 is 43.2 Å². The molecule has 0 bridgehead atoms. The molecule has 0 saturated carbocycles.